The number of methoxy groups -OCH3 is 1. The van der Waals surface area contributed by atoms with Crippen molar-refractivity contribution in [3.8, 4) is 10.7 Å². The summed E-state index contributed by atoms with van der Waals surface area (Å²) in [6.45, 7) is 3.70. The van der Waals surface area contributed by atoms with Crippen molar-refractivity contribution in [1.82, 2.24) is 24.3 Å². The van der Waals surface area contributed by atoms with Crippen LogP contribution in [0.1, 0.15) is 31.2 Å². The van der Waals surface area contributed by atoms with E-state index in [-0.39, 0.29) is 16.0 Å². The van der Waals surface area contributed by atoms with Gasteiger partial charge in [0.15, 0.2) is 15.7 Å². The Kier molecular flexibility index (Phi) is 6.04. The summed E-state index contributed by atoms with van der Waals surface area (Å²) in [6.07, 6.45) is 1.54. The van der Waals surface area contributed by atoms with Crippen LogP contribution >= 0.6 is 11.3 Å². The number of nitrogens with one attached hydrogen (secondary N) is 1. The Morgan fingerprint density at radius 1 is 1.38 bits per heavy atom. The van der Waals surface area contributed by atoms with Crippen LogP contribution in [0.4, 0.5) is 14.5 Å². The maximum atomic E-state index is 13.3. The van der Waals surface area contributed by atoms with Gasteiger partial charge in [-0.05, 0) is 25.8 Å². The van der Waals surface area contributed by atoms with Crippen molar-refractivity contribution >= 4 is 32.7 Å². The van der Waals surface area contributed by atoms with E-state index in [2.05, 4.69) is 19.9 Å². The van der Waals surface area contributed by atoms with Gasteiger partial charge in [0.25, 0.3) is 6.43 Å². The highest BCUT2D eigenvalue weighted by Crippen LogP contribution is 2.37. The largest absolute Gasteiger partial charge is 0.382 e. The van der Waals surface area contributed by atoms with Crippen LogP contribution in [0.3, 0.4) is 0 Å². The number of fused-ring (bicyclic) bond motifs is 1. The minimum atomic E-state index is -3.85. The number of pyridine rings is 1. The van der Waals surface area contributed by atoms with Crippen molar-refractivity contribution in [2.75, 3.05) is 38.3 Å². The Balaban J connectivity index is 1.63. The number of aromatic nitrogens is 4. The fourth-order valence-corrected chi connectivity index (χ4v) is 6.09. The maximum Gasteiger partial charge on any atom is 0.291 e. The van der Waals surface area contributed by atoms with Gasteiger partial charge >= 0.3 is 0 Å². The molecule has 0 bridgehead atoms. The molecule has 2 aliphatic rings. The number of morpholine rings is 1. The summed E-state index contributed by atoms with van der Waals surface area (Å²) in [5, 5.41) is 7.25. The van der Waals surface area contributed by atoms with Gasteiger partial charge in [-0.15, -0.1) is 10.2 Å². The van der Waals surface area contributed by atoms with E-state index in [4.69, 9.17) is 9.47 Å². The van der Waals surface area contributed by atoms with Crippen LogP contribution in [0.15, 0.2) is 23.4 Å². The van der Waals surface area contributed by atoms with Crippen LogP contribution in [-0.2, 0) is 19.5 Å². The lowest BCUT2D eigenvalue weighted by atomic mass is 10.2. The molecule has 2 fully saturated rings. The Labute approximate surface area is 199 Å². The number of ether oxygens (including phenoxy) is 2. The summed E-state index contributed by atoms with van der Waals surface area (Å²) in [5.74, 6) is 0. The molecule has 10 nitrogen and oxygen atoms in total. The summed E-state index contributed by atoms with van der Waals surface area (Å²) in [4.78, 5) is 6.54. The van der Waals surface area contributed by atoms with Crippen molar-refractivity contribution in [1.29, 1.82) is 0 Å². The molecule has 4 heterocycles. The second-order valence-corrected chi connectivity index (χ2v) is 11.4. The molecule has 1 saturated heterocycles. The number of rotatable bonds is 8. The number of anilines is 1. The van der Waals surface area contributed by atoms with Gasteiger partial charge in [0, 0.05) is 31.9 Å². The first-order valence-electron chi connectivity index (χ1n) is 10.7. The number of sulfonamides is 1. The molecule has 0 unspecified atom stereocenters. The highest BCUT2D eigenvalue weighted by molar-refractivity contribution is 7.89. The topological polar surface area (TPSA) is 111 Å². The molecule has 1 aliphatic heterocycles. The fourth-order valence-electron chi connectivity index (χ4n) is 3.91. The van der Waals surface area contributed by atoms with Crippen molar-refractivity contribution in [3.05, 3.63) is 23.5 Å². The SMILES string of the molecule is COC[C@@H]1CN(c2cc(S(=O)(=O)NC3(C)CC3)cn3c(-c4nnc(C(F)F)s4)cnc23)CCO1. The summed E-state index contributed by atoms with van der Waals surface area (Å²) in [7, 11) is -2.26. The standard InChI is InChI=1S/C20H24F2N6O4S2/c1-20(3-4-20)26-34(29,30)13-7-14(27-5-6-32-12(9-27)11-31-2)17-23-8-15(28(17)10-13)18-24-25-19(33-18)16(21)22/h7-8,10,12,16,26H,3-6,9,11H2,1-2H3/t12-/m0/s1. The van der Waals surface area contributed by atoms with E-state index in [1.54, 1.807) is 17.6 Å². The first kappa shape index (κ1) is 23.5. The third-order valence-corrected chi connectivity index (χ3v) is 8.49. The second-order valence-electron chi connectivity index (χ2n) is 8.70. The van der Waals surface area contributed by atoms with Gasteiger partial charge in [-0.3, -0.25) is 4.40 Å². The molecular weight excluding hydrogens is 490 g/mol. The molecule has 5 rings (SSSR count). The van der Waals surface area contributed by atoms with Gasteiger partial charge in [-0.1, -0.05) is 11.3 Å². The van der Waals surface area contributed by atoms with E-state index >= 15 is 0 Å². The molecule has 1 aliphatic carbocycles. The lowest BCUT2D eigenvalue weighted by molar-refractivity contribution is -0.00998. The monoisotopic (exact) mass is 514 g/mol. The molecule has 1 atom stereocenters. The Bertz CT molecular complexity index is 1310. The van der Waals surface area contributed by atoms with Crippen molar-refractivity contribution in [3.63, 3.8) is 0 Å². The van der Waals surface area contributed by atoms with Crippen molar-refractivity contribution < 1.29 is 26.7 Å². The molecule has 184 valence electrons. The number of hydrogen-bond acceptors (Lipinski definition) is 9. The van der Waals surface area contributed by atoms with E-state index in [9.17, 15) is 17.2 Å². The quantitative estimate of drug-likeness (QED) is 0.488. The predicted molar refractivity (Wildman–Crippen MR) is 121 cm³/mol. The maximum absolute atomic E-state index is 13.3. The summed E-state index contributed by atoms with van der Waals surface area (Å²) < 4.78 is 68.0. The van der Waals surface area contributed by atoms with Crippen molar-refractivity contribution in [2.45, 2.75) is 42.7 Å². The molecule has 0 amide bonds. The van der Waals surface area contributed by atoms with Crippen LogP contribution in [0, 0.1) is 0 Å². The summed E-state index contributed by atoms with van der Waals surface area (Å²) >= 11 is 0.747. The normalized spacial score (nSPS) is 20.4. The van der Waals surface area contributed by atoms with Gasteiger partial charge in [0.2, 0.25) is 10.0 Å². The van der Waals surface area contributed by atoms with E-state index in [0.29, 0.717) is 43.3 Å². The first-order valence-corrected chi connectivity index (χ1v) is 13.0. The lowest BCUT2D eigenvalue weighted by Crippen LogP contribution is -2.44. The van der Waals surface area contributed by atoms with Crippen LogP contribution in [-0.4, -0.2) is 73.1 Å². The van der Waals surface area contributed by atoms with Gasteiger partial charge in [-0.25, -0.2) is 26.9 Å². The lowest BCUT2D eigenvalue weighted by Gasteiger charge is -2.34. The fraction of sp³-hybridized carbons (Fsp3) is 0.550. The van der Waals surface area contributed by atoms with Crippen LogP contribution in [0.25, 0.3) is 16.3 Å². The molecule has 0 aromatic carbocycles. The Morgan fingerprint density at radius 3 is 2.85 bits per heavy atom. The third-order valence-electron chi connectivity index (χ3n) is 5.93. The zero-order chi connectivity index (χ0) is 24.1. The highest BCUT2D eigenvalue weighted by atomic mass is 32.2. The smallest absolute Gasteiger partial charge is 0.291 e. The molecule has 0 radical (unpaired) electrons. The van der Waals surface area contributed by atoms with E-state index in [1.165, 1.54) is 12.4 Å². The van der Waals surface area contributed by atoms with Crippen LogP contribution in [0.2, 0.25) is 0 Å². The highest BCUT2D eigenvalue weighted by Gasteiger charge is 2.41. The number of halogens is 2. The third kappa shape index (κ3) is 4.52. The average Bonchev–Trinajstić information content (AvgIpc) is 3.18. The average molecular weight is 515 g/mol. The van der Waals surface area contributed by atoms with Gasteiger partial charge in [0.05, 0.1) is 31.2 Å². The first-order chi connectivity index (χ1) is 16.2. The molecule has 1 N–H and O–H groups in total. The van der Waals surface area contributed by atoms with Gasteiger partial charge in [-0.2, -0.15) is 0 Å². The summed E-state index contributed by atoms with van der Waals surface area (Å²) in [5.41, 5.74) is 1.01. The van der Waals surface area contributed by atoms with Gasteiger partial charge in [0.1, 0.15) is 10.6 Å². The second kappa shape index (κ2) is 8.75. The van der Waals surface area contributed by atoms with E-state index in [1.807, 2.05) is 11.8 Å². The zero-order valence-corrected chi connectivity index (χ0v) is 20.2. The number of hydrogen-bond donors (Lipinski definition) is 1. The molecule has 34 heavy (non-hydrogen) atoms. The Morgan fingerprint density at radius 2 is 2.18 bits per heavy atom. The number of nitrogens with zero attached hydrogens (tertiary/aromatic N) is 5. The minimum absolute atomic E-state index is 0.0516. The number of imidazole rings is 1. The molecule has 14 heteroatoms. The molecule has 3 aromatic heterocycles. The molecule has 0 spiro atoms. The zero-order valence-electron chi connectivity index (χ0n) is 18.6. The van der Waals surface area contributed by atoms with E-state index < -0.39 is 27.0 Å². The molecule has 3 aromatic rings. The molecular formula is C20H24F2N6O4S2. The van der Waals surface area contributed by atoms with Crippen molar-refractivity contribution in [2.24, 2.45) is 0 Å². The van der Waals surface area contributed by atoms with Crippen LogP contribution in [0.5, 0.6) is 0 Å². The number of alkyl halides is 2. The molecule has 1 saturated carbocycles. The summed E-state index contributed by atoms with van der Waals surface area (Å²) in [6, 6.07) is 1.60. The Hall–Kier alpha value is -2.26. The van der Waals surface area contributed by atoms with E-state index in [0.717, 1.165) is 24.2 Å². The van der Waals surface area contributed by atoms with Crippen LogP contribution < -0.4 is 9.62 Å². The predicted octanol–water partition coefficient (Wildman–Crippen LogP) is 2.47. The minimum Gasteiger partial charge on any atom is -0.382 e. The van der Waals surface area contributed by atoms with Gasteiger partial charge < -0.3 is 14.4 Å².